The average Bonchev–Trinajstić information content (AvgIpc) is 2.67. The van der Waals surface area contributed by atoms with Gasteiger partial charge in [-0.05, 0) is 53.9 Å². The second-order valence-electron chi connectivity index (χ2n) is 6.83. The van der Waals surface area contributed by atoms with Crippen LogP contribution in [0.4, 0.5) is 0 Å². The number of rotatable bonds is 7. The van der Waals surface area contributed by atoms with Crippen LogP contribution in [0.3, 0.4) is 0 Å². The molecule has 0 saturated heterocycles. The normalized spacial score (nSPS) is 12.7. The molecule has 7 heteroatoms. The van der Waals surface area contributed by atoms with Crippen LogP contribution in [0.5, 0.6) is 5.75 Å². The first-order chi connectivity index (χ1) is 13.7. The predicted molar refractivity (Wildman–Crippen MR) is 116 cm³/mol. The van der Waals surface area contributed by atoms with Crippen LogP contribution in [0, 0.1) is 6.92 Å². The summed E-state index contributed by atoms with van der Waals surface area (Å²) in [5, 5.41) is 9.52. The molecular weight excluding hydrogens is 408 g/mol. The molecule has 1 atom stereocenters. The van der Waals surface area contributed by atoms with Crippen LogP contribution in [0.25, 0.3) is 11.1 Å². The SMILES string of the molecule is Cc1ccc(-c2cccc(COS(=O)(=O)O)c2)c(C[S+](C)c2ccc(O)cc2)c1. The first-order valence-electron chi connectivity index (χ1n) is 8.93. The van der Waals surface area contributed by atoms with Crippen molar-refractivity contribution < 1.29 is 22.3 Å². The van der Waals surface area contributed by atoms with Crippen molar-refractivity contribution in [2.75, 3.05) is 6.26 Å². The summed E-state index contributed by atoms with van der Waals surface area (Å²) in [7, 11) is -4.53. The number of phenolic OH excluding ortho intramolecular Hbond substituents is 1. The van der Waals surface area contributed by atoms with Crippen molar-refractivity contribution in [3.05, 3.63) is 83.4 Å². The molecule has 5 nitrogen and oxygen atoms in total. The minimum Gasteiger partial charge on any atom is -0.508 e. The van der Waals surface area contributed by atoms with Crippen molar-refractivity contribution in [3.63, 3.8) is 0 Å². The van der Waals surface area contributed by atoms with E-state index in [2.05, 4.69) is 35.6 Å². The number of phenols is 1. The van der Waals surface area contributed by atoms with Gasteiger partial charge in [0.1, 0.15) is 17.8 Å². The molecule has 29 heavy (non-hydrogen) atoms. The second-order valence-corrected chi connectivity index (χ2v) is 9.95. The van der Waals surface area contributed by atoms with Gasteiger partial charge in [-0.15, -0.1) is 0 Å². The van der Waals surface area contributed by atoms with Crippen LogP contribution in [-0.2, 0) is 37.8 Å². The van der Waals surface area contributed by atoms with Gasteiger partial charge in [0.15, 0.2) is 4.90 Å². The van der Waals surface area contributed by atoms with E-state index in [-0.39, 0.29) is 23.3 Å². The van der Waals surface area contributed by atoms with Crippen LogP contribution < -0.4 is 0 Å². The van der Waals surface area contributed by atoms with E-state index in [0.29, 0.717) is 5.56 Å². The Bertz CT molecular complexity index is 1090. The number of hydrogen-bond donors (Lipinski definition) is 2. The van der Waals surface area contributed by atoms with E-state index in [0.717, 1.165) is 22.4 Å². The molecule has 3 rings (SSSR count). The maximum atomic E-state index is 10.8. The van der Waals surface area contributed by atoms with Gasteiger partial charge >= 0.3 is 10.4 Å². The number of aryl methyl sites for hydroxylation is 1. The van der Waals surface area contributed by atoms with Crippen molar-refractivity contribution >= 4 is 21.3 Å². The molecule has 0 spiro atoms. The van der Waals surface area contributed by atoms with E-state index >= 15 is 0 Å². The Morgan fingerprint density at radius 1 is 1.00 bits per heavy atom. The van der Waals surface area contributed by atoms with Gasteiger partial charge in [-0.3, -0.25) is 4.55 Å². The summed E-state index contributed by atoms with van der Waals surface area (Å²) in [5.41, 5.74) is 5.04. The first-order valence-corrected chi connectivity index (χ1v) is 12.1. The average molecular weight is 432 g/mol. The molecule has 0 heterocycles. The molecule has 0 fully saturated rings. The molecule has 0 aromatic heterocycles. The lowest BCUT2D eigenvalue weighted by Gasteiger charge is -2.12. The molecule has 2 N–H and O–H groups in total. The smallest absolute Gasteiger partial charge is 0.397 e. The molecule has 0 amide bonds. The van der Waals surface area contributed by atoms with E-state index in [9.17, 15) is 13.5 Å². The lowest BCUT2D eigenvalue weighted by atomic mass is 9.97. The largest absolute Gasteiger partial charge is 0.508 e. The Balaban J connectivity index is 1.89. The van der Waals surface area contributed by atoms with E-state index in [1.54, 1.807) is 18.2 Å². The number of benzene rings is 3. The summed E-state index contributed by atoms with van der Waals surface area (Å²) in [6, 6.07) is 21.0. The lowest BCUT2D eigenvalue weighted by molar-refractivity contribution is 0.259. The maximum Gasteiger partial charge on any atom is 0.397 e. The third-order valence-electron chi connectivity index (χ3n) is 4.48. The Labute approximate surface area is 174 Å². The van der Waals surface area contributed by atoms with E-state index in [1.807, 2.05) is 30.3 Å². The van der Waals surface area contributed by atoms with Gasteiger partial charge in [0.05, 0.1) is 6.61 Å². The summed E-state index contributed by atoms with van der Waals surface area (Å²) in [5.74, 6) is 1.10. The van der Waals surface area contributed by atoms with E-state index in [4.69, 9.17) is 4.55 Å². The van der Waals surface area contributed by atoms with Crippen molar-refractivity contribution in [1.29, 1.82) is 0 Å². The molecule has 3 aromatic carbocycles. The van der Waals surface area contributed by atoms with Gasteiger partial charge in [0, 0.05) is 16.5 Å². The first kappa shape index (κ1) is 21.4. The Kier molecular flexibility index (Phi) is 6.64. The van der Waals surface area contributed by atoms with Crippen molar-refractivity contribution in [2.24, 2.45) is 0 Å². The highest BCUT2D eigenvalue weighted by Crippen LogP contribution is 2.29. The van der Waals surface area contributed by atoms with Gasteiger partial charge in [-0.2, -0.15) is 8.42 Å². The Morgan fingerprint density at radius 2 is 1.72 bits per heavy atom. The summed E-state index contributed by atoms with van der Waals surface area (Å²) in [6.07, 6.45) is 2.18. The van der Waals surface area contributed by atoms with Crippen LogP contribution >= 0.6 is 0 Å². The Morgan fingerprint density at radius 3 is 2.41 bits per heavy atom. The zero-order valence-corrected chi connectivity index (χ0v) is 17.8. The molecule has 0 aliphatic rings. The maximum absolute atomic E-state index is 10.8. The molecular formula is C22H23O5S2+. The minimum atomic E-state index is -4.48. The molecule has 152 valence electrons. The fourth-order valence-corrected chi connectivity index (χ4v) is 4.85. The fourth-order valence-electron chi connectivity index (χ4n) is 3.09. The summed E-state index contributed by atoms with van der Waals surface area (Å²) in [6.45, 7) is 1.83. The zero-order chi connectivity index (χ0) is 21.0. The highest BCUT2D eigenvalue weighted by Gasteiger charge is 2.19. The van der Waals surface area contributed by atoms with Gasteiger partial charge in [0.25, 0.3) is 0 Å². The molecule has 0 bridgehead atoms. The van der Waals surface area contributed by atoms with Crippen LogP contribution in [-0.4, -0.2) is 24.3 Å². The summed E-state index contributed by atoms with van der Waals surface area (Å²) < 4.78 is 35.0. The highest BCUT2D eigenvalue weighted by atomic mass is 32.3. The topological polar surface area (TPSA) is 83.8 Å². The molecule has 1 unspecified atom stereocenters. The van der Waals surface area contributed by atoms with Gasteiger partial charge in [-0.25, -0.2) is 4.18 Å². The summed E-state index contributed by atoms with van der Waals surface area (Å²) in [4.78, 5) is 1.17. The standard InChI is InChI=1S/C22H22O5S2/c1-16-6-11-22(18-5-3-4-17(13-18)14-27-29(24,25)26)19(12-16)15-28(2)21-9-7-20(23)8-10-21/h3-13H,14-15H2,1-2H3,(H-,23,24,25,26)/p+1. The third kappa shape index (κ3) is 6.08. The number of aromatic hydroxyl groups is 1. The van der Waals surface area contributed by atoms with Gasteiger partial charge < -0.3 is 5.11 Å². The Hall–Kier alpha value is -2.32. The molecule has 3 aromatic rings. The van der Waals surface area contributed by atoms with Crippen molar-refractivity contribution in [1.82, 2.24) is 0 Å². The van der Waals surface area contributed by atoms with Crippen LogP contribution in [0.1, 0.15) is 16.7 Å². The zero-order valence-electron chi connectivity index (χ0n) is 16.2. The quantitative estimate of drug-likeness (QED) is 0.425. The van der Waals surface area contributed by atoms with Gasteiger partial charge in [0.2, 0.25) is 0 Å². The van der Waals surface area contributed by atoms with Gasteiger partial charge in [-0.1, -0.05) is 42.0 Å². The third-order valence-corrected chi connectivity index (χ3v) is 6.72. The molecule has 0 saturated carbocycles. The molecule has 0 radical (unpaired) electrons. The van der Waals surface area contributed by atoms with Crippen LogP contribution in [0.15, 0.2) is 71.6 Å². The lowest BCUT2D eigenvalue weighted by Crippen LogP contribution is -2.06. The monoisotopic (exact) mass is 431 g/mol. The minimum absolute atomic E-state index is 0.0537. The number of hydrogen-bond acceptors (Lipinski definition) is 4. The predicted octanol–water partition coefficient (Wildman–Crippen LogP) is 4.49. The van der Waals surface area contributed by atoms with Crippen molar-refractivity contribution in [3.8, 4) is 16.9 Å². The molecule has 0 aliphatic carbocycles. The van der Waals surface area contributed by atoms with Crippen LogP contribution in [0.2, 0.25) is 0 Å². The van der Waals surface area contributed by atoms with E-state index < -0.39 is 10.4 Å². The second kappa shape index (κ2) is 9.00. The highest BCUT2D eigenvalue weighted by molar-refractivity contribution is 7.95. The van der Waals surface area contributed by atoms with E-state index in [1.165, 1.54) is 10.5 Å². The fraction of sp³-hybridized carbons (Fsp3) is 0.182. The molecule has 0 aliphatic heterocycles. The van der Waals surface area contributed by atoms with Crippen molar-refractivity contribution in [2.45, 2.75) is 24.2 Å². The summed E-state index contributed by atoms with van der Waals surface area (Å²) >= 11 is 0.